The van der Waals surface area contributed by atoms with Gasteiger partial charge in [0.25, 0.3) is 0 Å². The number of carbonyl (C=O) groups is 1. The zero-order valence-electron chi connectivity index (χ0n) is 7.31. The minimum Gasteiger partial charge on any atom is -0.368 e. The first-order chi connectivity index (χ1) is 6.77. The van der Waals surface area contributed by atoms with Gasteiger partial charge in [-0.2, -0.15) is 0 Å². The van der Waals surface area contributed by atoms with Crippen molar-refractivity contribution in [2.24, 2.45) is 0 Å². The Hall–Kier alpha value is -2.10. The molecule has 2 aromatic rings. The second-order valence-corrected chi connectivity index (χ2v) is 2.81. The van der Waals surface area contributed by atoms with Gasteiger partial charge in [-0.3, -0.25) is 4.79 Å². The molecule has 0 unspecified atom stereocenters. The van der Waals surface area contributed by atoms with Gasteiger partial charge in [0.1, 0.15) is 0 Å². The maximum atomic E-state index is 11.7. The van der Waals surface area contributed by atoms with Crippen molar-refractivity contribution in [2.45, 2.75) is 0 Å². The van der Waals surface area contributed by atoms with Gasteiger partial charge < -0.3 is 10.3 Å². The minimum absolute atomic E-state index is 0.143. The Labute approximate surface area is 80.3 Å². The zero-order valence-corrected chi connectivity index (χ0v) is 7.31. The molecule has 2 rings (SSSR count). The average molecular weight is 188 g/mol. The van der Waals surface area contributed by atoms with Gasteiger partial charge in [-0.05, 0) is 0 Å². The summed E-state index contributed by atoms with van der Waals surface area (Å²) in [5.41, 5.74) is 6.11. The van der Waals surface area contributed by atoms with Gasteiger partial charge in [-0.1, -0.05) is 35.5 Å². The molecule has 0 amide bonds. The van der Waals surface area contributed by atoms with Crippen LogP contribution in [0.3, 0.4) is 0 Å². The summed E-state index contributed by atoms with van der Waals surface area (Å²) >= 11 is 0. The molecule has 0 bridgehead atoms. The third-order valence-electron chi connectivity index (χ3n) is 1.80. The number of rotatable bonds is 2. The summed E-state index contributed by atoms with van der Waals surface area (Å²) in [5.74, 6) is -0.0460. The van der Waals surface area contributed by atoms with E-state index in [1.807, 2.05) is 6.07 Å². The standard InChI is InChI=1S/C10H8N2O2/c11-9-6-8(12-14-9)10(13)7-4-2-1-3-5-7/h1-6H,11H2. The molecule has 2 N–H and O–H groups in total. The van der Waals surface area contributed by atoms with Crippen LogP contribution in [0.15, 0.2) is 40.9 Å². The third kappa shape index (κ3) is 1.50. The number of aromatic nitrogens is 1. The Bertz CT molecular complexity index is 448. The highest BCUT2D eigenvalue weighted by atomic mass is 16.5. The largest absolute Gasteiger partial charge is 0.368 e. The smallest absolute Gasteiger partial charge is 0.222 e. The summed E-state index contributed by atoms with van der Waals surface area (Å²) < 4.78 is 4.61. The lowest BCUT2D eigenvalue weighted by atomic mass is 10.1. The summed E-state index contributed by atoms with van der Waals surface area (Å²) in [5, 5.41) is 3.54. The van der Waals surface area contributed by atoms with Gasteiger partial charge in [0.15, 0.2) is 5.69 Å². The van der Waals surface area contributed by atoms with Crippen molar-refractivity contribution in [3.8, 4) is 0 Å². The highest BCUT2D eigenvalue weighted by Gasteiger charge is 2.12. The Balaban J connectivity index is 2.34. The van der Waals surface area contributed by atoms with Crippen LogP contribution in [0.4, 0.5) is 5.88 Å². The van der Waals surface area contributed by atoms with Crippen molar-refractivity contribution in [1.82, 2.24) is 5.16 Å². The molecule has 4 heteroatoms. The van der Waals surface area contributed by atoms with Crippen LogP contribution in [-0.4, -0.2) is 10.9 Å². The number of anilines is 1. The van der Waals surface area contributed by atoms with Crippen molar-refractivity contribution in [1.29, 1.82) is 0 Å². The van der Waals surface area contributed by atoms with E-state index in [2.05, 4.69) is 9.68 Å². The number of nitrogens with zero attached hydrogens (tertiary/aromatic N) is 1. The number of hydrogen-bond acceptors (Lipinski definition) is 4. The number of nitrogen functional groups attached to an aromatic ring is 1. The second kappa shape index (κ2) is 3.33. The Morgan fingerprint density at radius 1 is 1.29 bits per heavy atom. The molecular weight excluding hydrogens is 180 g/mol. The Kier molecular flexibility index (Phi) is 2.02. The number of carbonyl (C=O) groups excluding carboxylic acids is 1. The van der Waals surface area contributed by atoms with Crippen molar-refractivity contribution in [3.63, 3.8) is 0 Å². The highest BCUT2D eigenvalue weighted by molar-refractivity contribution is 6.07. The minimum atomic E-state index is -0.189. The first-order valence-electron chi connectivity index (χ1n) is 4.09. The summed E-state index contributed by atoms with van der Waals surface area (Å²) in [7, 11) is 0. The summed E-state index contributed by atoms with van der Waals surface area (Å²) in [6.07, 6.45) is 0. The lowest BCUT2D eigenvalue weighted by molar-refractivity contribution is 0.103. The maximum Gasteiger partial charge on any atom is 0.222 e. The molecule has 70 valence electrons. The molecule has 1 aromatic carbocycles. The summed E-state index contributed by atoms with van der Waals surface area (Å²) in [6, 6.07) is 10.3. The molecule has 0 saturated heterocycles. The van der Waals surface area contributed by atoms with Crippen molar-refractivity contribution < 1.29 is 9.32 Å². The molecule has 0 fully saturated rings. The van der Waals surface area contributed by atoms with Gasteiger partial charge in [0, 0.05) is 11.6 Å². The number of hydrogen-bond donors (Lipinski definition) is 1. The fraction of sp³-hybridized carbons (Fsp3) is 0. The van der Waals surface area contributed by atoms with E-state index in [9.17, 15) is 4.79 Å². The fourth-order valence-electron chi connectivity index (χ4n) is 1.13. The van der Waals surface area contributed by atoms with E-state index < -0.39 is 0 Å². The predicted molar refractivity (Wildman–Crippen MR) is 50.8 cm³/mol. The van der Waals surface area contributed by atoms with E-state index in [0.29, 0.717) is 5.56 Å². The van der Waals surface area contributed by atoms with Crippen LogP contribution in [-0.2, 0) is 0 Å². The zero-order chi connectivity index (χ0) is 9.97. The molecule has 4 nitrogen and oxygen atoms in total. The van der Waals surface area contributed by atoms with E-state index in [1.165, 1.54) is 6.07 Å². The summed E-state index contributed by atoms with van der Waals surface area (Å²) in [6.45, 7) is 0. The first kappa shape index (κ1) is 8.50. The van der Waals surface area contributed by atoms with Crippen molar-refractivity contribution in [2.75, 3.05) is 5.73 Å². The van der Waals surface area contributed by atoms with Crippen molar-refractivity contribution in [3.05, 3.63) is 47.7 Å². The van der Waals surface area contributed by atoms with E-state index >= 15 is 0 Å². The van der Waals surface area contributed by atoms with E-state index in [0.717, 1.165) is 0 Å². The molecule has 0 aliphatic rings. The van der Waals surface area contributed by atoms with Gasteiger partial charge >= 0.3 is 0 Å². The van der Waals surface area contributed by atoms with E-state index in [4.69, 9.17) is 5.73 Å². The lowest BCUT2D eigenvalue weighted by Crippen LogP contribution is -2.00. The molecule has 1 aromatic heterocycles. The Morgan fingerprint density at radius 3 is 2.57 bits per heavy atom. The maximum absolute atomic E-state index is 11.7. The molecule has 0 radical (unpaired) electrons. The topological polar surface area (TPSA) is 69.1 Å². The molecule has 0 saturated carbocycles. The number of ketones is 1. The molecular formula is C10H8N2O2. The van der Waals surface area contributed by atoms with Crippen LogP contribution in [0.1, 0.15) is 16.1 Å². The molecule has 14 heavy (non-hydrogen) atoms. The van der Waals surface area contributed by atoms with Gasteiger partial charge in [-0.15, -0.1) is 0 Å². The molecule has 1 heterocycles. The van der Waals surface area contributed by atoms with Gasteiger partial charge in [0.2, 0.25) is 11.7 Å². The van der Waals surface area contributed by atoms with Crippen LogP contribution in [0.25, 0.3) is 0 Å². The SMILES string of the molecule is Nc1cc(C(=O)c2ccccc2)no1. The molecule has 0 aliphatic heterocycles. The normalized spacial score (nSPS) is 10.0. The fourth-order valence-corrected chi connectivity index (χ4v) is 1.13. The van der Waals surface area contributed by atoms with Crippen LogP contribution in [0, 0.1) is 0 Å². The second-order valence-electron chi connectivity index (χ2n) is 2.81. The van der Waals surface area contributed by atoms with Gasteiger partial charge in [-0.25, -0.2) is 0 Å². The first-order valence-corrected chi connectivity index (χ1v) is 4.09. The van der Waals surface area contributed by atoms with Crippen LogP contribution < -0.4 is 5.73 Å². The monoisotopic (exact) mass is 188 g/mol. The van der Waals surface area contributed by atoms with Gasteiger partial charge in [0.05, 0.1) is 0 Å². The number of nitrogens with two attached hydrogens (primary N) is 1. The Morgan fingerprint density at radius 2 is 2.00 bits per heavy atom. The molecule has 0 aliphatic carbocycles. The summed E-state index contributed by atoms with van der Waals surface area (Å²) in [4.78, 5) is 11.7. The highest BCUT2D eigenvalue weighted by Crippen LogP contribution is 2.10. The van der Waals surface area contributed by atoms with Crippen molar-refractivity contribution >= 4 is 11.7 Å². The van der Waals surface area contributed by atoms with Crippen LogP contribution in [0.2, 0.25) is 0 Å². The average Bonchev–Trinajstić information content (AvgIpc) is 2.65. The van der Waals surface area contributed by atoms with Crippen LogP contribution in [0.5, 0.6) is 0 Å². The van der Waals surface area contributed by atoms with E-state index in [-0.39, 0.29) is 17.4 Å². The molecule has 0 spiro atoms. The molecule has 0 atom stereocenters. The predicted octanol–water partition coefficient (Wildman–Crippen LogP) is 1.49. The lowest BCUT2D eigenvalue weighted by Gasteiger charge is -1.93. The quantitative estimate of drug-likeness (QED) is 0.725. The third-order valence-corrected chi connectivity index (χ3v) is 1.80. The number of benzene rings is 1. The van der Waals surface area contributed by atoms with Crippen LogP contribution >= 0.6 is 0 Å². The van der Waals surface area contributed by atoms with E-state index in [1.54, 1.807) is 24.3 Å².